The van der Waals surface area contributed by atoms with Gasteiger partial charge in [0.05, 0.1) is 11.4 Å². The molecule has 4 nitrogen and oxygen atoms in total. The van der Waals surface area contributed by atoms with E-state index in [1.807, 2.05) is 36.1 Å². The highest BCUT2D eigenvalue weighted by molar-refractivity contribution is 7.15. The van der Waals surface area contributed by atoms with Crippen molar-refractivity contribution in [3.63, 3.8) is 0 Å². The van der Waals surface area contributed by atoms with E-state index in [0.717, 1.165) is 16.5 Å². The van der Waals surface area contributed by atoms with Gasteiger partial charge in [0.25, 0.3) is 0 Å². The molecule has 0 fully saturated rings. The molecule has 0 amide bonds. The average Bonchev–Trinajstić information content (AvgIpc) is 3.01. The van der Waals surface area contributed by atoms with Crippen LogP contribution in [0.25, 0.3) is 4.96 Å². The average molecular weight is 290 g/mol. The van der Waals surface area contributed by atoms with Crippen LogP contribution in [0, 0.1) is 5.82 Å². The van der Waals surface area contributed by atoms with E-state index in [4.69, 9.17) is 0 Å². The summed E-state index contributed by atoms with van der Waals surface area (Å²) in [5.74, 6) is 0.526. The summed E-state index contributed by atoms with van der Waals surface area (Å²) in [5, 5.41) is 5.13. The first kappa shape index (κ1) is 13.1. The van der Waals surface area contributed by atoms with Crippen molar-refractivity contribution in [3.8, 4) is 0 Å². The normalized spacial score (nSPS) is 11.2. The summed E-state index contributed by atoms with van der Waals surface area (Å²) in [6, 6.07) is 6.73. The Morgan fingerprint density at radius 2 is 2.20 bits per heavy atom. The fourth-order valence-corrected chi connectivity index (χ4v) is 2.99. The lowest BCUT2D eigenvalue weighted by Crippen LogP contribution is -2.16. The first-order chi connectivity index (χ1) is 9.72. The van der Waals surface area contributed by atoms with Gasteiger partial charge in [0.2, 0.25) is 0 Å². The minimum absolute atomic E-state index is 0.248. The lowest BCUT2D eigenvalue weighted by Gasteiger charge is -2.19. The SMILES string of the molecule is CNCc1c(N(C)c2ccccc2F)nc2sccn12. The second-order valence-corrected chi connectivity index (χ2v) is 5.35. The van der Waals surface area contributed by atoms with Crippen molar-refractivity contribution in [3.05, 3.63) is 47.4 Å². The first-order valence-electron chi connectivity index (χ1n) is 6.29. The van der Waals surface area contributed by atoms with Crippen molar-refractivity contribution in [2.24, 2.45) is 0 Å². The van der Waals surface area contributed by atoms with E-state index in [1.165, 1.54) is 6.07 Å². The van der Waals surface area contributed by atoms with Crippen molar-refractivity contribution < 1.29 is 4.39 Å². The summed E-state index contributed by atoms with van der Waals surface area (Å²) in [6.07, 6.45) is 1.98. The van der Waals surface area contributed by atoms with Crippen LogP contribution < -0.4 is 10.2 Å². The summed E-state index contributed by atoms with van der Waals surface area (Å²) in [7, 11) is 3.72. The Bertz CT molecular complexity index is 734. The zero-order valence-corrected chi connectivity index (χ0v) is 12.1. The molecule has 0 aliphatic carbocycles. The highest BCUT2D eigenvalue weighted by Crippen LogP contribution is 2.30. The largest absolute Gasteiger partial charge is 0.325 e. The maximum atomic E-state index is 13.9. The molecule has 3 rings (SSSR count). The van der Waals surface area contributed by atoms with E-state index < -0.39 is 0 Å². The van der Waals surface area contributed by atoms with Gasteiger partial charge in [0, 0.05) is 25.2 Å². The molecule has 0 saturated heterocycles. The molecule has 1 N–H and O–H groups in total. The number of fused-ring (bicyclic) bond motifs is 1. The number of imidazole rings is 1. The number of hydrogen-bond donors (Lipinski definition) is 1. The van der Waals surface area contributed by atoms with Crippen LogP contribution in [0.1, 0.15) is 5.69 Å². The van der Waals surface area contributed by atoms with Crippen LogP contribution in [0.3, 0.4) is 0 Å². The van der Waals surface area contributed by atoms with Crippen LogP contribution in [0.2, 0.25) is 0 Å². The molecule has 0 bridgehead atoms. The van der Waals surface area contributed by atoms with Crippen LogP contribution in [0.5, 0.6) is 0 Å². The smallest absolute Gasteiger partial charge is 0.195 e. The molecule has 20 heavy (non-hydrogen) atoms. The number of anilines is 2. The topological polar surface area (TPSA) is 32.6 Å². The maximum Gasteiger partial charge on any atom is 0.195 e. The van der Waals surface area contributed by atoms with Crippen LogP contribution in [0.15, 0.2) is 35.8 Å². The zero-order valence-electron chi connectivity index (χ0n) is 11.3. The number of halogens is 1. The Morgan fingerprint density at radius 3 is 2.95 bits per heavy atom. The van der Waals surface area contributed by atoms with E-state index in [0.29, 0.717) is 12.2 Å². The quantitative estimate of drug-likeness (QED) is 0.801. The van der Waals surface area contributed by atoms with Gasteiger partial charge in [-0.3, -0.25) is 4.40 Å². The minimum Gasteiger partial charge on any atom is -0.325 e. The van der Waals surface area contributed by atoms with Crippen LogP contribution >= 0.6 is 11.3 Å². The Balaban J connectivity index is 2.11. The molecule has 0 radical (unpaired) electrons. The molecule has 2 aromatic heterocycles. The van der Waals surface area contributed by atoms with E-state index in [2.05, 4.69) is 10.3 Å². The monoisotopic (exact) mass is 290 g/mol. The molecule has 0 aliphatic rings. The fraction of sp³-hybridized carbons (Fsp3) is 0.214. The van der Waals surface area contributed by atoms with Gasteiger partial charge in [-0.2, -0.15) is 0 Å². The number of aromatic nitrogens is 2. The van der Waals surface area contributed by atoms with Crippen LogP contribution in [-0.2, 0) is 6.54 Å². The molecule has 0 spiro atoms. The van der Waals surface area contributed by atoms with E-state index in [9.17, 15) is 4.39 Å². The first-order valence-corrected chi connectivity index (χ1v) is 7.17. The Morgan fingerprint density at radius 1 is 1.40 bits per heavy atom. The molecular formula is C14H15FN4S. The van der Waals surface area contributed by atoms with Crippen molar-refractivity contribution in [1.82, 2.24) is 14.7 Å². The van der Waals surface area contributed by atoms with Gasteiger partial charge < -0.3 is 10.2 Å². The van der Waals surface area contributed by atoms with Crippen molar-refractivity contribution in [2.75, 3.05) is 19.0 Å². The number of rotatable bonds is 4. The third-order valence-corrected chi connectivity index (χ3v) is 3.97. The van der Waals surface area contributed by atoms with Gasteiger partial charge in [0.15, 0.2) is 10.8 Å². The van der Waals surface area contributed by atoms with Gasteiger partial charge in [-0.05, 0) is 19.2 Å². The number of nitrogens with zero attached hydrogens (tertiary/aromatic N) is 3. The van der Waals surface area contributed by atoms with E-state index >= 15 is 0 Å². The van der Waals surface area contributed by atoms with E-state index in [-0.39, 0.29) is 5.82 Å². The number of benzene rings is 1. The third kappa shape index (κ3) is 2.07. The minimum atomic E-state index is -0.248. The molecular weight excluding hydrogens is 275 g/mol. The Labute approximate surface area is 120 Å². The maximum absolute atomic E-state index is 13.9. The molecule has 3 aromatic rings. The Kier molecular flexibility index (Phi) is 3.42. The molecule has 0 saturated carbocycles. The predicted octanol–water partition coefficient (Wildman–Crippen LogP) is 3.02. The lowest BCUT2D eigenvalue weighted by atomic mass is 10.2. The van der Waals surface area contributed by atoms with Crippen LogP contribution in [-0.4, -0.2) is 23.5 Å². The number of nitrogens with one attached hydrogen (secondary N) is 1. The van der Waals surface area contributed by atoms with Gasteiger partial charge in [-0.25, -0.2) is 9.37 Å². The molecule has 0 atom stereocenters. The van der Waals surface area contributed by atoms with Gasteiger partial charge in [-0.1, -0.05) is 12.1 Å². The predicted molar refractivity (Wildman–Crippen MR) is 80.3 cm³/mol. The van der Waals surface area contributed by atoms with Gasteiger partial charge in [0.1, 0.15) is 5.82 Å². The van der Waals surface area contributed by atoms with E-state index in [1.54, 1.807) is 28.4 Å². The number of thiazole rings is 1. The van der Waals surface area contributed by atoms with Crippen LogP contribution in [0.4, 0.5) is 15.9 Å². The van der Waals surface area contributed by atoms with Crippen molar-refractivity contribution in [2.45, 2.75) is 6.54 Å². The molecule has 1 aromatic carbocycles. The molecule has 2 heterocycles. The highest BCUT2D eigenvalue weighted by Gasteiger charge is 2.18. The van der Waals surface area contributed by atoms with Crippen molar-refractivity contribution >= 4 is 27.8 Å². The highest BCUT2D eigenvalue weighted by atomic mass is 32.1. The number of para-hydroxylation sites is 1. The summed E-state index contributed by atoms with van der Waals surface area (Å²) in [5.41, 5.74) is 1.55. The summed E-state index contributed by atoms with van der Waals surface area (Å²) < 4.78 is 16.0. The molecule has 0 unspecified atom stereocenters. The molecule has 104 valence electrons. The fourth-order valence-electron chi connectivity index (χ4n) is 2.26. The zero-order chi connectivity index (χ0) is 14.1. The standard InChI is InChI=1S/C14H15FN4S/c1-16-9-12-13(17-14-19(12)7-8-20-14)18(2)11-6-4-3-5-10(11)15/h3-8,16H,9H2,1-2H3. The molecule has 6 heteroatoms. The van der Waals surface area contributed by atoms with Crippen molar-refractivity contribution in [1.29, 1.82) is 0 Å². The number of hydrogen-bond acceptors (Lipinski definition) is 4. The summed E-state index contributed by atoms with van der Waals surface area (Å²) >= 11 is 1.57. The second kappa shape index (κ2) is 5.22. The summed E-state index contributed by atoms with van der Waals surface area (Å²) in [6.45, 7) is 0.673. The third-order valence-electron chi connectivity index (χ3n) is 3.22. The second-order valence-electron chi connectivity index (χ2n) is 4.48. The van der Waals surface area contributed by atoms with Gasteiger partial charge in [-0.15, -0.1) is 11.3 Å². The lowest BCUT2D eigenvalue weighted by molar-refractivity contribution is 0.627. The molecule has 0 aliphatic heterocycles. The Hall–Kier alpha value is -1.92. The van der Waals surface area contributed by atoms with Gasteiger partial charge >= 0.3 is 0 Å². The summed E-state index contributed by atoms with van der Waals surface area (Å²) in [4.78, 5) is 7.31.